The highest BCUT2D eigenvalue weighted by Gasteiger charge is 2.25. The Morgan fingerprint density at radius 1 is 0.383 bits per heavy atom. The Balaban J connectivity index is 1.27. The number of para-hydroxylation sites is 2. The third kappa shape index (κ3) is 3.61. The minimum atomic E-state index is 0.809. The first-order chi connectivity index (χ1) is 23.3. The van der Waals surface area contributed by atoms with Gasteiger partial charge in [0.15, 0.2) is 0 Å². The molecule has 4 heterocycles. The molecule has 0 amide bonds. The van der Waals surface area contributed by atoms with Crippen molar-refractivity contribution in [2.45, 2.75) is 0 Å². The van der Waals surface area contributed by atoms with Crippen molar-refractivity contribution in [1.82, 2.24) is 0 Å². The van der Waals surface area contributed by atoms with Gasteiger partial charge in [0.05, 0.1) is 16.5 Å². The molecule has 47 heavy (non-hydrogen) atoms. The van der Waals surface area contributed by atoms with Crippen molar-refractivity contribution in [3.05, 3.63) is 140 Å². The van der Waals surface area contributed by atoms with Crippen LogP contribution in [0.25, 0.3) is 84.2 Å². The molecule has 0 aliphatic heterocycles. The maximum absolute atomic E-state index is 6.73. The van der Waals surface area contributed by atoms with Crippen LogP contribution in [0, 0.1) is 0 Å². The van der Waals surface area contributed by atoms with Gasteiger partial charge in [-0.05, 0) is 48.5 Å². The standard InChI is InChI=1S/C42H23NO2S2/c1-6-14-34-30(11-1)40-32(23-35-41(42(40)45-34)31-12-2-5-13-33(31)44-35)43(24-17-19-28-26-9-3-7-15-36(26)46-38(28)21-24)25-18-20-29-27-10-4-8-16-37(27)47-39(29)22-25/h1-23H. The van der Waals surface area contributed by atoms with Gasteiger partial charge in [0, 0.05) is 68.6 Å². The van der Waals surface area contributed by atoms with Crippen LogP contribution in [0.2, 0.25) is 0 Å². The van der Waals surface area contributed by atoms with Crippen molar-refractivity contribution in [2.75, 3.05) is 4.90 Å². The van der Waals surface area contributed by atoms with Gasteiger partial charge in [-0.2, -0.15) is 0 Å². The summed E-state index contributed by atoms with van der Waals surface area (Å²) in [6, 6.07) is 49.9. The number of rotatable bonds is 3. The van der Waals surface area contributed by atoms with Gasteiger partial charge in [-0.25, -0.2) is 0 Å². The van der Waals surface area contributed by atoms with Gasteiger partial charge in [-0.1, -0.05) is 84.9 Å². The minimum absolute atomic E-state index is 0.809. The van der Waals surface area contributed by atoms with Gasteiger partial charge in [0.2, 0.25) is 0 Å². The fraction of sp³-hybridized carbons (Fsp3) is 0. The predicted octanol–water partition coefficient (Wildman–Crippen LogP) is 13.7. The second-order valence-electron chi connectivity index (χ2n) is 12.1. The summed E-state index contributed by atoms with van der Waals surface area (Å²) in [6.45, 7) is 0. The van der Waals surface area contributed by atoms with Gasteiger partial charge >= 0.3 is 0 Å². The normalized spacial score (nSPS) is 12.3. The van der Waals surface area contributed by atoms with E-state index in [2.05, 4.69) is 126 Å². The van der Waals surface area contributed by atoms with E-state index in [9.17, 15) is 0 Å². The van der Waals surface area contributed by atoms with E-state index in [4.69, 9.17) is 8.83 Å². The van der Waals surface area contributed by atoms with Crippen LogP contribution in [0.5, 0.6) is 0 Å². The topological polar surface area (TPSA) is 29.5 Å². The molecule has 0 unspecified atom stereocenters. The molecule has 0 atom stereocenters. The molecule has 220 valence electrons. The lowest BCUT2D eigenvalue weighted by atomic mass is 10.0. The van der Waals surface area contributed by atoms with Crippen LogP contribution in [0.15, 0.2) is 148 Å². The minimum Gasteiger partial charge on any atom is -0.456 e. The number of thiophene rings is 2. The van der Waals surface area contributed by atoms with Crippen molar-refractivity contribution in [3.8, 4) is 0 Å². The van der Waals surface area contributed by atoms with Gasteiger partial charge < -0.3 is 13.7 Å². The molecule has 4 aromatic heterocycles. The molecule has 0 bridgehead atoms. The monoisotopic (exact) mass is 637 g/mol. The average Bonchev–Trinajstić information content (AvgIpc) is 3.87. The fourth-order valence-corrected chi connectivity index (χ4v) is 9.66. The summed E-state index contributed by atoms with van der Waals surface area (Å²) in [5.74, 6) is 0. The summed E-state index contributed by atoms with van der Waals surface area (Å²) in [6.07, 6.45) is 0. The number of furan rings is 2. The maximum atomic E-state index is 6.73. The smallest absolute Gasteiger partial charge is 0.149 e. The highest BCUT2D eigenvalue weighted by atomic mass is 32.1. The Morgan fingerprint density at radius 2 is 0.872 bits per heavy atom. The van der Waals surface area contributed by atoms with E-state index >= 15 is 0 Å². The zero-order valence-electron chi connectivity index (χ0n) is 24.9. The molecule has 0 radical (unpaired) electrons. The highest BCUT2D eigenvalue weighted by Crippen LogP contribution is 2.50. The molecular weight excluding hydrogens is 615 g/mol. The quantitative estimate of drug-likeness (QED) is 0.193. The Kier molecular flexibility index (Phi) is 5.14. The number of nitrogens with zero attached hydrogens (tertiary/aromatic N) is 1. The Morgan fingerprint density at radius 3 is 1.49 bits per heavy atom. The van der Waals surface area contributed by atoms with E-state index in [0.717, 1.165) is 60.9 Å². The van der Waals surface area contributed by atoms with E-state index < -0.39 is 0 Å². The van der Waals surface area contributed by atoms with Gasteiger partial charge in [-0.3, -0.25) is 0 Å². The summed E-state index contributed by atoms with van der Waals surface area (Å²) >= 11 is 3.68. The molecule has 7 aromatic carbocycles. The molecule has 0 N–H and O–H groups in total. The predicted molar refractivity (Wildman–Crippen MR) is 201 cm³/mol. The van der Waals surface area contributed by atoms with Gasteiger partial charge in [0.25, 0.3) is 0 Å². The average molecular weight is 638 g/mol. The van der Waals surface area contributed by atoms with Crippen LogP contribution in [0.4, 0.5) is 17.1 Å². The first-order valence-electron chi connectivity index (χ1n) is 15.7. The summed E-state index contributed by atoms with van der Waals surface area (Å²) in [5.41, 5.74) is 6.58. The molecule has 0 fully saturated rings. The maximum Gasteiger partial charge on any atom is 0.149 e. The third-order valence-corrected chi connectivity index (χ3v) is 11.7. The Labute approximate surface area is 276 Å². The van der Waals surface area contributed by atoms with Crippen LogP contribution in [-0.4, -0.2) is 0 Å². The molecule has 3 nitrogen and oxygen atoms in total. The highest BCUT2D eigenvalue weighted by molar-refractivity contribution is 7.26. The molecular formula is C42H23NO2S2. The fourth-order valence-electron chi connectivity index (χ4n) is 7.38. The van der Waals surface area contributed by atoms with Crippen LogP contribution in [0.1, 0.15) is 0 Å². The number of hydrogen-bond donors (Lipinski definition) is 0. The number of fused-ring (bicyclic) bond motifs is 13. The Hall–Kier alpha value is -5.62. The van der Waals surface area contributed by atoms with Crippen LogP contribution in [0.3, 0.4) is 0 Å². The van der Waals surface area contributed by atoms with Crippen molar-refractivity contribution in [1.29, 1.82) is 0 Å². The summed E-state index contributed by atoms with van der Waals surface area (Å²) in [7, 11) is 0. The molecule has 11 rings (SSSR count). The molecule has 5 heteroatoms. The van der Waals surface area contributed by atoms with E-state index in [0.29, 0.717) is 0 Å². The third-order valence-electron chi connectivity index (χ3n) is 9.45. The van der Waals surface area contributed by atoms with Gasteiger partial charge in [0.1, 0.15) is 22.3 Å². The van der Waals surface area contributed by atoms with Crippen LogP contribution < -0.4 is 4.90 Å². The molecule has 0 spiro atoms. The van der Waals surface area contributed by atoms with Crippen molar-refractivity contribution < 1.29 is 8.83 Å². The molecule has 0 aliphatic carbocycles. The first-order valence-corrected chi connectivity index (χ1v) is 17.3. The van der Waals surface area contributed by atoms with Crippen molar-refractivity contribution in [3.63, 3.8) is 0 Å². The zero-order chi connectivity index (χ0) is 30.6. The SMILES string of the molecule is c1ccc2c(c1)oc1c2c(N(c2ccc3c(c2)sc2ccccc23)c2ccc3c(c2)sc2ccccc23)cc2oc3ccccc3c21. The van der Waals surface area contributed by atoms with E-state index in [1.165, 1.54) is 40.3 Å². The molecule has 0 aliphatic rings. The Bertz CT molecular complexity index is 2930. The van der Waals surface area contributed by atoms with Crippen molar-refractivity contribution >= 4 is 124 Å². The van der Waals surface area contributed by atoms with E-state index in [1.54, 1.807) is 0 Å². The first kappa shape index (κ1) is 25.6. The van der Waals surface area contributed by atoms with Crippen molar-refractivity contribution in [2.24, 2.45) is 0 Å². The summed E-state index contributed by atoms with van der Waals surface area (Å²) in [4.78, 5) is 2.39. The summed E-state index contributed by atoms with van der Waals surface area (Å²) < 4.78 is 18.4. The van der Waals surface area contributed by atoms with Crippen LogP contribution in [-0.2, 0) is 0 Å². The lowest BCUT2D eigenvalue weighted by Gasteiger charge is -2.26. The summed E-state index contributed by atoms with van der Waals surface area (Å²) in [5, 5.41) is 9.38. The largest absolute Gasteiger partial charge is 0.456 e. The molecule has 0 saturated heterocycles. The lowest BCUT2D eigenvalue weighted by Crippen LogP contribution is -2.10. The second kappa shape index (κ2) is 9.46. The zero-order valence-corrected chi connectivity index (χ0v) is 26.5. The number of anilines is 3. The van der Waals surface area contributed by atoms with E-state index in [-0.39, 0.29) is 0 Å². The van der Waals surface area contributed by atoms with E-state index in [1.807, 2.05) is 40.9 Å². The number of benzene rings is 7. The second-order valence-corrected chi connectivity index (χ2v) is 14.2. The van der Waals surface area contributed by atoms with Crippen LogP contribution >= 0.6 is 22.7 Å². The number of hydrogen-bond acceptors (Lipinski definition) is 5. The lowest BCUT2D eigenvalue weighted by molar-refractivity contribution is 0.663. The van der Waals surface area contributed by atoms with Gasteiger partial charge in [-0.15, -0.1) is 22.7 Å². The molecule has 0 saturated carbocycles. The molecule has 11 aromatic rings.